The molecule has 2 rings (SSSR count). The van der Waals surface area contributed by atoms with Gasteiger partial charge in [-0.05, 0) is 6.08 Å². The molecule has 1 amide bonds. The highest BCUT2D eigenvalue weighted by molar-refractivity contribution is 5.91. The quantitative estimate of drug-likeness (QED) is 0.571. The molecule has 8 heteroatoms. The van der Waals surface area contributed by atoms with Crippen molar-refractivity contribution in [1.29, 1.82) is 0 Å². The van der Waals surface area contributed by atoms with Crippen molar-refractivity contribution in [3.05, 3.63) is 32.7 Å². The van der Waals surface area contributed by atoms with E-state index in [2.05, 4.69) is 16.2 Å². The molecule has 2 aromatic heterocycles. The predicted molar refractivity (Wildman–Crippen MR) is 82.1 cm³/mol. The first-order valence-corrected chi connectivity index (χ1v) is 6.41. The lowest BCUT2D eigenvalue weighted by atomic mass is 10.4. The Hall–Kier alpha value is -3.08. The number of carbonyl (C=O) groups excluding carboxylic acids is 1. The number of aryl methyl sites for hydroxylation is 1. The standard InChI is InChI=1S/C14H15N5O3/c1-5-8-19-12-11(13(21)18(4)14(19)22)17(3)9(16-12)6-7-10(20)15-2/h1,6-7H,8H2,2-4H3,(H,15,20)/b7-6+. The third-order valence-corrected chi connectivity index (χ3v) is 3.27. The summed E-state index contributed by atoms with van der Waals surface area (Å²) in [6.45, 7) is -0.000926. The predicted octanol–water partition coefficient (Wildman–Crippen LogP) is -1.17. The van der Waals surface area contributed by atoms with Crippen LogP contribution in [0.25, 0.3) is 17.2 Å². The second-order valence-corrected chi connectivity index (χ2v) is 4.59. The Kier molecular flexibility index (Phi) is 3.99. The zero-order valence-electron chi connectivity index (χ0n) is 12.5. The number of imidazole rings is 1. The van der Waals surface area contributed by atoms with Gasteiger partial charge in [-0.25, -0.2) is 9.78 Å². The fraction of sp³-hybridized carbons (Fsp3) is 0.286. The molecule has 0 aliphatic rings. The molecule has 0 radical (unpaired) electrons. The molecule has 22 heavy (non-hydrogen) atoms. The molecule has 0 atom stereocenters. The third-order valence-electron chi connectivity index (χ3n) is 3.27. The lowest BCUT2D eigenvalue weighted by Crippen LogP contribution is -2.38. The van der Waals surface area contributed by atoms with Crippen molar-refractivity contribution in [3.63, 3.8) is 0 Å². The highest BCUT2D eigenvalue weighted by Gasteiger charge is 2.17. The van der Waals surface area contributed by atoms with Crippen LogP contribution in [-0.2, 0) is 25.4 Å². The Balaban J connectivity index is 2.82. The Morgan fingerprint density at radius 1 is 1.36 bits per heavy atom. The smallest absolute Gasteiger partial charge is 0.333 e. The van der Waals surface area contributed by atoms with Gasteiger partial charge in [-0.3, -0.25) is 18.7 Å². The summed E-state index contributed by atoms with van der Waals surface area (Å²) in [4.78, 5) is 39.9. The van der Waals surface area contributed by atoms with Crippen molar-refractivity contribution in [2.75, 3.05) is 7.05 Å². The summed E-state index contributed by atoms with van der Waals surface area (Å²) in [5.74, 6) is 2.43. The van der Waals surface area contributed by atoms with Gasteiger partial charge in [-0.1, -0.05) is 5.92 Å². The first kappa shape index (κ1) is 15.3. The number of nitrogens with one attached hydrogen (secondary N) is 1. The van der Waals surface area contributed by atoms with Crippen LogP contribution in [0.15, 0.2) is 15.7 Å². The lowest BCUT2D eigenvalue weighted by Gasteiger charge is -2.05. The number of aromatic nitrogens is 4. The molecule has 2 aromatic rings. The molecule has 2 heterocycles. The fourth-order valence-corrected chi connectivity index (χ4v) is 2.06. The maximum absolute atomic E-state index is 12.3. The number of carbonyl (C=O) groups is 1. The van der Waals surface area contributed by atoms with Crippen molar-refractivity contribution < 1.29 is 4.79 Å². The van der Waals surface area contributed by atoms with Gasteiger partial charge in [-0.15, -0.1) is 6.42 Å². The van der Waals surface area contributed by atoms with Gasteiger partial charge >= 0.3 is 5.69 Å². The van der Waals surface area contributed by atoms with Gasteiger partial charge in [-0.2, -0.15) is 0 Å². The molecular weight excluding hydrogens is 286 g/mol. The van der Waals surface area contributed by atoms with E-state index in [1.165, 1.54) is 35.4 Å². The Morgan fingerprint density at radius 2 is 2.05 bits per heavy atom. The number of amides is 1. The first-order chi connectivity index (χ1) is 10.4. The monoisotopic (exact) mass is 301 g/mol. The molecule has 0 saturated heterocycles. The van der Waals surface area contributed by atoms with E-state index >= 15 is 0 Å². The molecule has 0 aromatic carbocycles. The second-order valence-electron chi connectivity index (χ2n) is 4.59. The van der Waals surface area contributed by atoms with Crippen molar-refractivity contribution >= 4 is 23.1 Å². The number of rotatable bonds is 3. The Labute approximate surface area is 125 Å². The normalized spacial score (nSPS) is 11.0. The van der Waals surface area contributed by atoms with E-state index in [4.69, 9.17) is 6.42 Å². The van der Waals surface area contributed by atoms with Gasteiger partial charge in [0.05, 0.1) is 6.54 Å². The first-order valence-electron chi connectivity index (χ1n) is 6.41. The van der Waals surface area contributed by atoms with Crippen molar-refractivity contribution in [1.82, 2.24) is 24.0 Å². The number of terminal acetylenes is 1. The summed E-state index contributed by atoms with van der Waals surface area (Å²) >= 11 is 0. The minimum Gasteiger partial charge on any atom is -0.356 e. The summed E-state index contributed by atoms with van der Waals surface area (Å²) in [5.41, 5.74) is -0.558. The largest absolute Gasteiger partial charge is 0.356 e. The van der Waals surface area contributed by atoms with Gasteiger partial charge in [0.1, 0.15) is 5.82 Å². The van der Waals surface area contributed by atoms with Gasteiger partial charge in [0.15, 0.2) is 11.2 Å². The van der Waals surface area contributed by atoms with Crippen LogP contribution in [0.3, 0.4) is 0 Å². The van der Waals surface area contributed by atoms with Crippen molar-refractivity contribution in [2.24, 2.45) is 14.1 Å². The van der Waals surface area contributed by atoms with Crippen LogP contribution in [-0.4, -0.2) is 31.6 Å². The molecule has 8 nitrogen and oxygen atoms in total. The van der Waals surface area contributed by atoms with E-state index in [-0.39, 0.29) is 23.6 Å². The molecule has 0 spiro atoms. The van der Waals surface area contributed by atoms with E-state index in [1.807, 2.05) is 0 Å². The lowest BCUT2D eigenvalue weighted by molar-refractivity contribution is -0.115. The minimum absolute atomic E-state index is 0.000926. The highest BCUT2D eigenvalue weighted by Crippen LogP contribution is 2.10. The van der Waals surface area contributed by atoms with Crippen LogP contribution in [0, 0.1) is 12.3 Å². The molecular formula is C14H15N5O3. The maximum Gasteiger partial charge on any atom is 0.333 e. The summed E-state index contributed by atoms with van der Waals surface area (Å²) in [7, 11) is 4.51. The van der Waals surface area contributed by atoms with Crippen LogP contribution in [0.4, 0.5) is 0 Å². The molecule has 0 saturated carbocycles. The molecule has 0 bridgehead atoms. The molecule has 0 aliphatic carbocycles. The number of fused-ring (bicyclic) bond motifs is 1. The SMILES string of the molecule is C#CCn1c(=O)n(C)c(=O)c2c1nc(/C=C/C(=O)NC)n2C. The summed E-state index contributed by atoms with van der Waals surface area (Å²) < 4.78 is 3.74. The van der Waals surface area contributed by atoms with Crippen LogP contribution in [0.2, 0.25) is 0 Å². The Bertz CT molecular complexity index is 936. The van der Waals surface area contributed by atoms with Crippen molar-refractivity contribution in [2.45, 2.75) is 6.54 Å². The fourth-order valence-electron chi connectivity index (χ4n) is 2.06. The van der Waals surface area contributed by atoms with E-state index in [1.54, 1.807) is 7.05 Å². The number of hydrogen-bond donors (Lipinski definition) is 1. The summed E-state index contributed by atoms with van der Waals surface area (Å²) in [6, 6.07) is 0. The second kappa shape index (κ2) is 5.73. The van der Waals surface area contributed by atoms with Crippen molar-refractivity contribution in [3.8, 4) is 12.3 Å². The molecule has 0 unspecified atom stereocenters. The molecule has 1 N–H and O–H groups in total. The number of nitrogens with zero attached hydrogens (tertiary/aromatic N) is 4. The number of hydrogen-bond acceptors (Lipinski definition) is 4. The third kappa shape index (κ3) is 2.33. The minimum atomic E-state index is -0.532. The zero-order chi connectivity index (χ0) is 16.4. The average Bonchev–Trinajstić information content (AvgIpc) is 2.83. The van der Waals surface area contributed by atoms with E-state index in [9.17, 15) is 14.4 Å². The van der Waals surface area contributed by atoms with Gasteiger partial charge in [0, 0.05) is 27.2 Å². The number of likely N-dealkylation sites (N-methyl/N-ethyl adjacent to an activating group) is 1. The van der Waals surface area contributed by atoms with Gasteiger partial charge in [0.2, 0.25) is 5.91 Å². The maximum atomic E-state index is 12.3. The van der Waals surface area contributed by atoms with Crippen LogP contribution < -0.4 is 16.6 Å². The summed E-state index contributed by atoms with van der Waals surface area (Å²) in [5, 5.41) is 2.44. The highest BCUT2D eigenvalue weighted by atomic mass is 16.2. The van der Waals surface area contributed by atoms with Crippen LogP contribution >= 0.6 is 0 Å². The van der Waals surface area contributed by atoms with Crippen LogP contribution in [0.5, 0.6) is 0 Å². The zero-order valence-corrected chi connectivity index (χ0v) is 12.5. The van der Waals surface area contributed by atoms with E-state index in [0.29, 0.717) is 5.82 Å². The summed E-state index contributed by atoms with van der Waals surface area (Å²) in [6.07, 6.45) is 8.02. The average molecular weight is 301 g/mol. The van der Waals surface area contributed by atoms with Gasteiger partial charge < -0.3 is 9.88 Å². The topological polar surface area (TPSA) is 90.9 Å². The van der Waals surface area contributed by atoms with E-state index in [0.717, 1.165) is 4.57 Å². The molecule has 0 aliphatic heterocycles. The van der Waals surface area contributed by atoms with E-state index < -0.39 is 11.2 Å². The Morgan fingerprint density at radius 3 is 2.64 bits per heavy atom. The van der Waals surface area contributed by atoms with Crippen LogP contribution in [0.1, 0.15) is 5.82 Å². The van der Waals surface area contributed by atoms with Gasteiger partial charge in [0.25, 0.3) is 5.56 Å². The molecule has 114 valence electrons. The molecule has 0 fully saturated rings.